The van der Waals surface area contributed by atoms with Gasteiger partial charge in [0.05, 0.1) is 18.8 Å². The summed E-state index contributed by atoms with van der Waals surface area (Å²) >= 11 is 0. The molecule has 0 spiro atoms. The number of ketones is 1. The van der Waals surface area contributed by atoms with E-state index >= 15 is 0 Å². The van der Waals surface area contributed by atoms with E-state index in [0.717, 1.165) is 18.2 Å². The largest absolute Gasteiger partial charge is 0.416 e. The van der Waals surface area contributed by atoms with Gasteiger partial charge in [0.15, 0.2) is 0 Å². The Labute approximate surface area is 225 Å². The second kappa shape index (κ2) is 11.9. The molecule has 0 aliphatic carbocycles. The van der Waals surface area contributed by atoms with Crippen molar-refractivity contribution in [3.8, 4) is 0 Å². The van der Waals surface area contributed by atoms with E-state index in [4.69, 9.17) is 10.5 Å². The number of carbonyl (C=O) groups excluding carboxylic acids is 3. The lowest BCUT2D eigenvalue weighted by atomic mass is 9.97. The van der Waals surface area contributed by atoms with Crippen LogP contribution >= 0.6 is 0 Å². The fraction of sp³-hybridized carbons (Fsp3) is 0.393. The molecule has 8 nitrogen and oxygen atoms in total. The third-order valence-corrected chi connectivity index (χ3v) is 5.98. The quantitative estimate of drug-likeness (QED) is 0.356. The van der Waals surface area contributed by atoms with Gasteiger partial charge in [-0.1, -0.05) is 26.8 Å². The van der Waals surface area contributed by atoms with E-state index in [9.17, 15) is 27.6 Å². The molecule has 1 saturated heterocycles. The third-order valence-electron chi connectivity index (χ3n) is 5.98. The molecule has 1 fully saturated rings. The maximum Gasteiger partial charge on any atom is 0.416 e. The van der Waals surface area contributed by atoms with Gasteiger partial charge in [-0.05, 0) is 48.2 Å². The molecule has 0 radical (unpaired) electrons. The lowest BCUT2D eigenvalue weighted by Gasteiger charge is -2.29. The van der Waals surface area contributed by atoms with Gasteiger partial charge in [0.25, 0.3) is 11.8 Å². The first-order valence-corrected chi connectivity index (χ1v) is 12.4. The molecular formula is C28H33F3N4O4. The summed E-state index contributed by atoms with van der Waals surface area (Å²) in [4.78, 5) is 39.3. The van der Waals surface area contributed by atoms with Crippen LogP contribution in [0.2, 0.25) is 0 Å². The molecule has 210 valence electrons. The van der Waals surface area contributed by atoms with Gasteiger partial charge in [0, 0.05) is 53.9 Å². The van der Waals surface area contributed by atoms with E-state index < -0.39 is 29.3 Å². The van der Waals surface area contributed by atoms with Gasteiger partial charge in [0.2, 0.25) is 5.78 Å². The van der Waals surface area contributed by atoms with Crippen LogP contribution in [0.1, 0.15) is 47.8 Å². The molecule has 0 unspecified atom stereocenters. The molecule has 1 aliphatic heterocycles. The minimum atomic E-state index is -4.64. The number of benzene rings is 2. The number of nitrogens with two attached hydrogens (primary N) is 1. The summed E-state index contributed by atoms with van der Waals surface area (Å²) in [5.74, 6) is -2.37. The normalized spacial score (nSPS) is 14.6. The van der Waals surface area contributed by atoms with Gasteiger partial charge >= 0.3 is 6.18 Å². The molecule has 0 bridgehead atoms. The predicted molar refractivity (Wildman–Crippen MR) is 143 cm³/mol. The van der Waals surface area contributed by atoms with Crippen LogP contribution in [0.25, 0.3) is 5.70 Å². The van der Waals surface area contributed by atoms with Crippen LogP contribution in [0.4, 0.5) is 24.5 Å². The summed E-state index contributed by atoms with van der Waals surface area (Å²) in [6.45, 7) is 9.32. The number of alkyl halides is 3. The molecule has 0 atom stereocenters. The number of nitrogens with one attached hydrogen (secondary N) is 2. The van der Waals surface area contributed by atoms with Gasteiger partial charge in [0.1, 0.15) is 0 Å². The number of rotatable bonds is 7. The van der Waals surface area contributed by atoms with E-state index in [-0.39, 0.29) is 28.1 Å². The second-order valence-electron chi connectivity index (χ2n) is 10.6. The molecule has 1 aliphatic rings. The maximum atomic E-state index is 13.6. The summed E-state index contributed by atoms with van der Waals surface area (Å²) in [6, 6.07) is 7.94. The number of ether oxygens (including phenoxy) is 1. The fourth-order valence-corrected chi connectivity index (χ4v) is 3.84. The van der Waals surface area contributed by atoms with Gasteiger partial charge < -0.3 is 26.0 Å². The van der Waals surface area contributed by atoms with Crippen LogP contribution in [-0.4, -0.2) is 50.4 Å². The Balaban J connectivity index is 1.83. The number of anilines is 2. The number of amides is 2. The Kier molecular flexibility index (Phi) is 9.06. The Hall–Kier alpha value is -3.86. The number of morpholine rings is 1. The van der Waals surface area contributed by atoms with E-state index in [0.29, 0.717) is 44.0 Å². The highest BCUT2D eigenvalue weighted by molar-refractivity contribution is 6.41. The molecule has 1 heterocycles. The fourth-order valence-electron chi connectivity index (χ4n) is 3.84. The topological polar surface area (TPSA) is 114 Å². The van der Waals surface area contributed by atoms with Crippen LogP contribution in [-0.2, 0) is 20.5 Å². The molecule has 4 N–H and O–H groups in total. The van der Waals surface area contributed by atoms with Crippen molar-refractivity contribution in [2.45, 2.75) is 33.9 Å². The van der Waals surface area contributed by atoms with E-state index in [1.54, 1.807) is 24.0 Å². The van der Waals surface area contributed by atoms with Gasteiger partial charge in [-0.15, -0.1) is 0 Å². The molecule has 0 aromatic heterocycles. The first-order valence-electron chi connectivity index (χ1n) is 12.4. The number of aryl methyl sites for hydroxylation is 1. The Morgan fingerprint density at radius 2 is 1.72 bits per heavy atom. The average Bonchev–Trinajstić information content (AvgIpc) is 2.87. The van der Waals surface area contributed by atoms with Crippen molar-refractivity contribution >= 4 is 34.7 Å². The molecule has 3 rings (SSSR count). The van der Waals surface area contributed by atoms with Gasteiger partial charge in [-0.3, -0.25) is 14.4 Å². The zero-order chi connectivity index (χ0) is 29.0. The summed E-state index contributed by atoms with van der Waals surface area (Å²) in [5, 5.41) is 5.16. The van der Waals surface area contributed by atoms with E-state index in [1.165, 1.54) is 12.1 Å². The molecule has 39 heavy (non-hydrogen) atoms. The number of nitrogens with zero attached hydrogens (tertiary/aromatic N) is 1. The van der Waals surface area contributed by atoms with Crippen molar-refractivity contribution in [2.24, 2.45) is 11.1 Å². The maximum absolute atomic E-state index is 13.6. The first kappa shape index (κ1) is 29.7. The lowest BCUT2D eigenvalue weighted by molar-refractivity contribution is -0.137. The van der Waals surface area contributed by atoms with Gasteiger partial charge in [-0.25, -0.2) is 0 Å². The molecule has 2 aromatic rings. The van der Waals surface area contributed by atoms with Crippen molar-refractivity contribution in [3.05, 3.63) is 64.7 Å². The van der Waals surface area contributed by atoms with Crippen LogP contribution in [0.3, 0.4) is 0 Å². The molecule has 0 saturated carbocycles. The minimum absolute atomic E-state index is 0.00757. The second-order valence-corrected chi connectivity index (χ2v) is 10.6. The Morgan fingerprint density at radius 3 is 2.33 bits per heavy atom. The average molecular weight is 547 g/mol. The third kappa shape index (κ3) is 8.31. The SMILES string of the molecule is Cc1ccc(NC(=O)c2cc(N3CCOCC3)cc(C(F)(F)F)c2)cc1C(N)=CC(=O)C(=O)NCC(C)(C)C. The van der Waals surface area contributed by atoms with E-state index in [1.807, 2.05) is 20.8 Å². The zero-order valence-corrected chi connectivity index (χ0v) is 22.4. The highest BCUT2D eigenvalue weighted by Gasteiger charge is 2.32. The van der Waals surface area contributed by atoms with Crippen molar-refractivity contribution in [2.75, 3.05) is 43.1 Å². The lowest BCUT2D eigenvalue weighted by Crippen LogP contribution is -2.36. The standard InChI is InChI=1S/C28H33F3N4O4/c1-17-5-6-20(14-22(17)23(32)15-24(36)26(38)33-16-27(2,3)4)34-25(37)18-11-19(28(29,30)31)13-21(12-18)35-7-9-39-10-8-35/h5-6,11-15H,7-10,16,32H2,1-4H3,(H,33,38)(H,34,37). The predicted octanol–water partition coefficient (Wildman–Crippen LogP) is 4.13. The van der Waals surface area contributed by atoms with Crippen LogP contribution in [0, 0.1) is 12.3 Å². The highest BCUT2D eigenvalue weighted by Crippen LogP contribution is 2.33. The summed E-state index contributed by atoms with van der Waals surface area (Å²) in [5.41, 5.74) is 6.39. The van der Waals surface area contributed by atoms with Crippen LogP contribution in [0.15, 0.2) is 42.5 Å². The Bertz CT molecular complexity index is 1280. The molecule has 2 amide bonds. The highest BCUT2D eigenvalue weighted by atomic mass is 19.4. The Morgan fingerprint density at radius 1 is 1.05 bits per heavy atom. The van der Waals surface area contributed by atoms with Gasteiger partial charge in [-0.2, -0.15) is 13.2 Å². The van der Waals surface area contributed by atoms with Crippen molar-refractivity contribution in [1.82, 2.24) is 5.32 Å². The van der Waals surface area contributed by atoms with Crippen molar-refractivity contribution in [1.29, 1.82) is 0 Å². The summed E-state index contributed by atoms with van der Waals surface area (Å²) in [6.07, 6.45) is -3.63. The first-order chi connectivity index (χ1) is 18.1. The minimum Gasteiger partial charge on any atom is -0.398 e. The van der Waals surface area contributed by atoms with Crippen molar-refractivity contribution in [3.63, 3.8) is 0 Å². The van der Waals surface area contributed by atoms with Crippen LogP contribution < -0.4 is 21.3 Å². The van der Waals surface area contributed by atoms with E-state index in [2.05, 4.69) is 10.6 Å². The smallest absolute Gasteiger partial charge is 0.398 e. The number of hydrogen-bond donors (Lipinski definition) is 3. The molecule has 11 heteroatoms. The number of halogens is 3. The summed E-state index contributed by atoms with van der Waals surface area (Å²) in [7, 11) is 0. The molecular weight excluding hydrogens is 513 g/mol. The number of carbonyl (C=O) groups is 3. The van der Waals surface area contributed by atoms with Crippen molar-refractivity contribution < 1.29 is 32.3 Å². The zero-order valence-electron chi connectivity index (χ0n) is 22.4. The summed E-state index contributed by atoms with van der Waals surface area (Å²) < 4.78 is 46.1. The number of hydrogen-bond acceptors (Lipinski definition) is 6. The van der Waals surface area contributed by atoms with Crippen LogP contribution in [0.5, 0.6) is 0 Å². The monoisotopic (exact) mass is 546 g/mol. The molecule has 2 aromatic carbocycles.